The van der Waals surface area contributed by atoms with E-state index in [1.165, 1.54) is 0 Å². The largest absolute Gasteiger partial charge is 0.439 e. The first-order valence-electron chi connectivity index (χ1n) is 10.3. The number of rotatable bonds is 8. The van der Waals surface area contributed by atoms with Crippen LogP contribution in [0.3, 0.4) is 0 Å². The average molecular weight is 423 g/mol. The van der Waals surface area contributed by atoms with Crippen molar-refractivity contribution in [2.75, 3.05) is 45.0 Å². The second-order valence-corrected chi connectivity index (χ2v) is 9.35. The Morgan fingerprint density at radius 3 is 2.45 bits per heavy atom. The van der Waals surface area contributed by atoms with Gasteiger partial charge in [-0.1, -0.05) is 6.92 Å². The van der Waals surface area contributed by atoms with Crippen molar-refractivity contribution in [3.8, 4) is 0 Å². The molecule has 160 valence electrons. The summed E-state index contributed by atoms with van der Waals surface area (Å²) in [6, 6.07) is 5.34. The van der Waals surface area contributed by atoms with Gasteiger partial charge in [-0.25, -0.2) is 13.4 Å². The minimum atomic E-state index is -3.14. The molecule has 1 saturated heterocycles. The minimum absolute atomic E-state index is 0.00846. The highest BCUT2D eigenvalue weighted by Gasteiger charge is 2.26. The molecule has 1 aliphatic rings. The highest BCUT2D eigenvalue weighted by Crippen LogP contribution is 2.20. The molecule has 2 aromatic rings. The van der Waals surface area contributed by atoms with Crippen LogP contribution in [0.1, 0.15) is 43.4 Å². The third kappa shape index (κ3) is 4.96. The molecule has 1 amide bonds. The summed E-state index contributed by atoms with van der Waals surface area (Å²) in [5.41, 5.74) is 1.93. The Labute approximate surface area is 172 Å². The smallest absolute Gasteiger partial charge is 0.253 e. The third-order valence-electron chi connectivity index (χ3n) is 5.28. The number of oxazole rings is 1. The monoisotopic (exact) mass is 422 g/mol. The molecule has 0 aliphatic carbocycles. The van der Waals surface area contributed by atoms with Crippen LogP contribution in [0.2, 0.25) is 0 Å². The molecular weight excluding hydrogens is 392 g/mol. The summed E-state index contributed by atoms with van der Waals surface area (Å²) in [7, 11) is -3.14. The van der Waals surface area contributed by atoms with Crippen LogP contribution in [0, 0.1) is 0 Å². The van der Waals surface area contributed by atoms with E-state index < -0.39 is 10.0 Å². The van der Waals surface area contributed by atoms with Crippen LogP contribution in [0.15, 0.2) is 22.6 Å². The first-order valence-corrected chi connectivity index (χ1v) is 11.9. The first kappa shape index (κ1) is 21.7. The molecule has 0 atom stereocenters. The maximum atomic E-state index is 12.5. The fraction of sp³-hybridized carbons (Fsp3) is 0.600. The van der Waals surface area contributed by atoms with E-state index in [2.05, 4.69) is 9.88 Å². The number of aromatic nitrogens is 1. The Kier molecular flexibility index (Phi) is 6.92. The molecule has 29 heavy (non-hydrogen) atoms. The number of fused-ring (bicyclic) bond motifs is 1. The van der Waals surface area contributed by atoms with E-state index >= 15 is 0 Å². The quantitative estimate of drug-likeness (QED) is 0.648. The lowest BCUT2D eigenvalue weighted by Crippen LogP contribution is -2.48. The Hall–Kier alpha value is -1.97. The van der Waals surface area contributed by atoms with Gasteiger partial charge in [-0.15, -0.1) is 0 Å². The van der Waals surface area contributed by atoms with Gasteiger partial charge in [0.15, 0.2) is 5.58 Å². The Morgan fingerprint density at radius 1 is 1.14 bits per heavy atom. The number of hydrogen-bond donors (Lipinski definition) is 0. The van der Waals surface area contributed by atoms with Gasteiger partial charge in [0.1, 0.15) is 5.52 Å². The standard InChI is InChI=1S/C20H30N4O4S/c1-4-13-29(26,27)24-11-9-22(10-12-24)15-19-21-17-14-16(7-8-18(17)28-19)20(25)23(5-2)6-3/h7-8,14H,4-6,9-13,15H2,1-3H3. The summed E-state index contributed by atoms with van der Waals surface area (Å²) in [4.78, 5) is 21.0. The van der Waals surface area contributed by atoms with Gasteiger partial charge in [-0.3, -0.25) is 9.69 Å². The molecule has 1 aromatic carbocycles. The van der Waals surface area contributed by atoms with Crippen LogP contribution in [-0.2, 0) is 16.6 Å². The van der Waals surface area contributed by atoms with Crippen molar-refractivity contribution in [1.29, 1.82) is 0 Å². The molecule has 0 saturated carbocycles. The molecule has 0 N–H and O–H groups in total. The maximum absolute atomic E-state index is 12.5. The van der Waals surface area contributed by atoms with E-state index in [9.17, 15) is 13.2 Å². The molecule has 0 radical (unpaired) electrons. The maximum Gasteiger partial charge on any atom is 0.253 e. The average Bonchev–Trinajstić information content (AvgIpc) is 3.10. The van der Waals surface area contributed by atoms with Crippen molar-refractivity contribution < 1.29 is 17.6 Å². The summed E-state index contributed by atoms with van der Waals surface area (Å²) in [6.45, 7) is 9.92. The number of piperazine rings is 1. The van der Waals surface area contributed by atoms with E-state index in [-0.39, 0.29) is 11.7 Å². The second kappa shape index (κ2) is 9.23. The molecule has 2 heterocycles. The van der Waals surface area contributed by atoms with Gasteiger partial charge in [-0.05, 0) is 38.5 Å². The van der Waals surface area contributed by atoms with Crippen molar-refractivity contribution in [1.82, 2.24) is 19.1 Å². The molecule has 1 aliphatic heterocycles. The third-order valence-corrected chi connectivity index (χ3v) is 7.35. The number of benzene rings is 1. The van der Waals surface area contributed by atoms with Crippen molar-refractivity contribution in [2.45, 2.75) is 33.7 Å². The number of nitrogens with zero attached hydrogens (tertiary/aromatic N) is 4. The van der Waals surface area contributed by atoms with Crippen LogP contribution >= 0.6 is 0 Å². The fourth-order valence-electron chi connectivity index (χ4n) is 3.61. The summed E-state index contributed by atoms with van der Waals surface area (Å²) in [6.07, 6.45) is 0.629. The molecule has 1 fully saturated rings. The lowest BCUT2D eigenvalue weighted by molar-refractivity contribution is 0.0773. The molecule has 0 bridgehead atoms. The van der Waals surface area contributed by atoms with Crippen LogP contribution in [0.25, 0.3) is 11.1 Å². The topological polar surface area (TPSA) is 87.0 Å². The first-order chi connectivity index (χ1) is 13.9. The molecule has 8 nitrogen and oxygen atoms in total. The zero-order chi connectivity index (χ0) is 21.0. The second-order valence-electron chi connectivity index (χ2n) is 7.26. The van der Waals surface area contributed by atoms with Crippen molar-refractivity contribution >= 4 is 27.0 Å². The van der Waals surface area contributed by atoms with Crippen LogP contribution in [-0.4, -0.2) is 78.4 Å². The predicted molar refractivity (Wildman–Crippen MR) is 112 cm³/mol. The Balaban J connectivity index is 1.65. The van der Waals surface area contributed by atoms with Crippen LogP contribution in [0.5, 0.6) is 0 Å². The number of carbonyl (C=O) groups excluding carboxylic acids is 1. The molecule has 1 aromatic heterocycles. The van der Waals surface area contributed by atoms with Crippen LogP contribution in [0.4, 0.5) is 0 Å². The van der Waals surface area contributed by atoms with E-state index in [1.807, 2.05) is 20.8 Å². The Morgan fingerprint density at radius 2 is 1.83 bits per heavy atom. The van der Waals surface area contributed by atoms with Gasteiger partial charge >= 0.3 is 0 Å². The van der Waals surface area contributed by atoms with Gasteiger partial charge in [0.2, 0.25) is 15.9 Å². The zero-order valence-electron chi connectivity index (χ0n) is 17.4. The predicted octanol–water partition coefficient (Wildman–Crippen LogP) is 2.17. The SMILES string of the molecule is CCCS(=O)(=O)N1CCN(Cc2nc3cc(C(=O)N(CC)CC)ccc3o2)CC1. The zero-order valence-corrected chi connectivity index (χ0v) is 18.2. The van der Waals surface area contributed by atoms with Crippen molar-refractivity contribution in [3.63, 3.8) is 0 Å². The van der Waals surface area contributed by atoms with E-state index in [1.54, 1.807) is 27.4 Å². The van der Waals surface area contributed by atoms with Gasteiger partial charge in [0.25, 0.3) is 5.91 Å². The van der Waals surface area contributed by atoms with Crippen molar-refractivity contribution in [3.05, 3.63) is 29.7 Å². The van der Waals surface area contributed by atoms with Gasteiger partial charge in [0.05, 0.1) is 12.3 Å². The van der Waals surface area contributed by atoms with Crippen LogP contribution < -0.4 is 0 Å². The van der Waals surface area contributed by atoms with Crippen molar-refractivity contribution in [2.24, 2.45) is 0 Å². The van der Waals surface area contributed by atoms with E-state index in [4.69, 9.17) is 4.42 Å². The van der Waals surface area contributed by atoms with Gasteiger partial charge < -0.3 is 9.32 Å². The lowest BCUT2D eigenvalue weighted by atomic mass is 10.2. The minimum Gasteiger partial charge on any atom is -0.439 e. The fourth-order valence-corrected chi connectivity index (χ4v) is 5.11. The number of carbonyl (C=O) groups is 1. The normalized spacial score (nSPS) is 16.4. The molecule has 0 unspecified atom stereocenters. The molecule has 0 spiro atoms. The van der Waals surface area contributed by atoms with E-state index in [0.717, 1.165) is 0 Å². The summed E-state index contributed by atoms with van der Waals surface area (Å²) >= 11 is 0. The summed E-state index contributed by atoms with van der Waals surface area (Å²) < 4.78 is 31.8. The highest BCUT2D eigenvalue weighted by atomic mass is 32.2. The molecule has 3 rings (SSSR count). The summed E-state index contributed by atoms with van der Waals surface area (Å²) in [5, 5.41) is 0. The lowest BCUT2D eigenvalue weighted by Gasteiger charge is -2.33. The number of amides is 1. The highest BCUT2D eigenvalue weighted by molar-refractivity contribution is 7.89. The number of sulfonamides is 1. The van der Waals surface area contributed by atoms with Gasteiger partial charge in [0, 0.05) is 44.8 Å². The van der Waals surface area contributed by atoms with Gasteiger partial charge in [-0.2, -0.15) is 4.31 Å². The molecular formula is C20H30N4O4S. The summed E-state index contributed by atoms with van der Waals surface area (Å²) in [5.74, 6) is 0.773. The molecule has 9 heteroatoms. The Bertz CT molecular complexity index is 945. The number of hydrogen-bond acceptors (Lipinski definition) is 6. The van der Waals surface area contributed by atoms with E-state index in [0.29, 0.717) is 74.8 Å².